The fraction of sp³-hybridized carbons (Fsp3) is 0.182. The molecular weight excluding hydrogens is 206 g/mol. The minimum atomic E-state index is 0.533. The smallest absolute Gasteiger partial charge is 0.215 e. The largest absolute Gasteiger partial charge is 0.481 e. The van der Waals surface area contributed by atoms with Crippen LogP contribution in [-0.4, -0.2) is 23.5 Å². The molecule has 2 heterocycles. The van der Waals surface area contributed by atoms with Gasteiger partial charge in [0.25, 0.3) is 0 Å². The van der Waals surface area contributed by atoms with Gasteiger partial charge in [0.2, 0.25) is 5.88 Å². The maximum Gasteiger partial charge on any atom is 0.215 e. The maximum absolute atomic E-state index is 4.99. The molecule has 0 atom stereocenters. The Hall–Kier alpha value is -2.17. The first kappa shape index (κ1) is 10.4. The highest BCUT2D eigenvalue weighted by molar-refractivity contribution is 5.79. The highest BCUT2D eigenvalue weighted by Crippen LogP contribution is 2.16. The van der Waals surface area contributed by atoms with E-state index in [9.17, 15) is 0 Å². The van der Waals surface area contributed by atoms with Crippen molar-refractivity contribution in [2.75, 3.05) is 7.11 Å². The number of aromatic nitrogens is 2. The minimum Gasteiger partial charge on any atom is -0.481 e. The highest BCUT2D eigenvalue weighted by atomic mass is 16.5. The summed E-state index contributed by atoms with van der Waals surface area (Å²) in [5, 5.41) is 3.80. The molecule has 0 saturated heterocycles. The minimum absolute atomic E-state index is 0.533. The molecule has 0 aliphatic heterocycles. The van der Waals surface area contributed by atoms with Gasteiger partial charge in [-0.2, -0.15) is 0 Å². The van der Waals surface area contributed by atoms with Crippen LogP contribution in [0.4, 0.5) is 5.69 Å². The number of pyridine rings is 1. The van der Waals surface area contributed by atoms with Crippen molar-refractivity contribution < 1.29 is 9.26 Å². The second kappa shape index (κ2) is 4.57. The average molecular weight is 217 g/mol. The molecule has 0 aromatic carbocycles. The second-order valence-corrected chi connectivity index (χ2v) is 3.18. The molecule has 0 N–H and O–H groups in total. The highest BCUT2D eigenvalue weighted by Gasteiger charge is 1.97. The second-order valence-electron chi connectivity index (χ2n) is 3.18. The quantitative estimate of drug-likeness (QED) is 0.739. The van der Waals surface area contributed by atoms with E-state index in [-0.39, 0.29) is 0 Å². The first-order valence-corrected chi connectivity index (χ1v) is 4.75. The lowest BCUT2D eigenvalue weighted by Gasteiger charge is -1.97. The van der Waals surface area contributed by atoms with Crippen LogP contribution in [0.1, 0.15) is 11.5 Å². The summed E-state index contributed by atoms with van der Waals surface area (Å²) in [5.74, 6) is 1.29. The Bertz CT molecular complexity index is 505. The molecule has 0 fully saturated rings. The number of nitrogens with zero attached hydrogens (tertiary/aromatic N) is 3. The molecule has 0 amide bonds. The van der Waals surface area contributed by atoms with Crippen LogP contribution in [0.2, 0.25) is 0 Å². The monoisotopic (exact) mass is 217 g/mol. The third kappa shape index (κ3) is 2.44. The summed E-state index contributed by atoms with van der Waals surface area (Å²) in [6.07, 6.45) is 3.27. The molecule has 5 heteroatoms. The fourth-order valence-electron chi connectivity index (χ4n) is 1.18. The van der Waals surface area contributed by atoms with Crippen molar-refractivity contribution in [3.05, 3.63) is 35.9 Å². The van der Waals surface area contributed by atoms with Crippen molar-refractivity contribution in [1.29, 1.82) is 0 Å². The summed E-state index contributed by atoms with van der Waals surface area (Å²) in [5.41, 5.74) is 1.45. The molecule has 2 aromatic rings. The normalized spacial score (nSPS) is 10.9. The number of hydrogen-bond acceptors (Lipinski definition) is 5. The molecule has 2 rings (SSSR count). The Morgan fingerprint density at radius 1 is 1.44 bits per heavy atom. The van der Waals surface area contributed by atoms with Crippen LogP contribution < -0.4 is 4.74 Å². The Labute approximate surface area is 92.8 Å². The fourth-order valence-corrected chi connectivity index (χ4v) is 1.18. The van der Waals surface area contributed by atoms with E-state index < -0.39 is 0 Å². The molecule has 0 spiro atoms. The standard InChI is InChI=1S/C11H11N3O2/c1-8-5-10(14-16-8)7-13-9-3-4-12-11(6-9)15-2/h3-7H,1-2H3. The summed E-state index contributed by atoms with van der Waals surface area (Å²) >= 11 is 0. The van der Waals surface area contributed by atoms with Gasteiger partial charge in [0.15, 0.2) is 0 Å². The van der Waals surface area contributed by atoms with E-state index in [4.69, 9.17) is 9.26 Å². The van der Waals surface area contributed by atoms with Crippen LogP contribution in [0.25, 0.3) is 0 Å². The number of methoxy groups -OCH3 is 1. The van der Waals surface area contributed by atoms with Gasteiger partial charge in [0.1, 0.15) is 11.5 Å². The molecule has 0 aliphatic rings. The molecule has 82 valence electrons. The number of aryl methyl sites for hydroxylation is 1. The zero-order valence-corrected chi connectivity index (χ0v) is 9.04. The van der Waals surface area contributed by atoms with E-state index in [1.54, 1.807) is 31.7 Å². The molecule has 16 heavy (non-hydrogen) atoms. The molecule has 5 nitrogen and oxygen atoms in total. The molecule has 0 unspecified atom stereocenters. The summed E-state index contributed by atoms with van der Waals surface area (Å²) in [7, 11) is 1.57. The van der Waals surface area contributed by atoms with Crippen molar-refractivity contribution >= 4 is 11.9 Å². The predicted octanol–water partition coefficient (Wildman–Crippen LogP) is 2.14. The first-order valence-electron chi connectivity index (χ1n) is 4.75. The van der Waals surface area contributed by atoms with Crippen molar-refractivity contribution in [1.82, 2.24) is 10.1 Å². The Kier molecular flexibility index (Phi) is 2.95. The van der Waals surface area contributed by atoms with E-state index in [1.165, 1.54) is 0 Å². The number of ether oxygens (including phenoxy) is 1. The van der Waals surface area contributed by atoms with Gasteiger partial charge in [-0.1, -0.05) is 5.16 Å². The van der Waals surface area contributed by atoms with Gasteiger partial charge in [0.05, 0.1) is 19.0 Å². The van der Waals surface area contributed by atoms with E-state index in [2.05, 4.69) is 15.1 Å². The van der Waals surface area contributed by atoms with E-state index in [0.717, 1.165) is 11.4 Å². The predicted molar refractivity (Wildman–Crippen MR) is 59.3 cm³/mol. The van der Waals surface area contributed by atoms with Crippen LogP contribution >= 0.6 is 0 Å². The molecule has 0 saturated carbocycles. The lowest BCUT2D eigenvalue weighted by Crippen LogP contribution is -1.85. The number of rotatable bonds is 3. The van der Waals surface area contributed by atoms with Gasteiger partial charge in [-0.15, -0.1) is 0 Å². The molecule has 0 bridgehead atoms. The van der Waals surface area contributed by atoms with Gasteiger partial charge >= 0.3 is 0 Å². The summed E-state index contributed by atoms with van der Waals surface area (Å²) in [6, 6.07) is 5.33. The molecule has 0 aliphatic carbocycles. The Morgan fingerprint density at radius 2 is 2.31 bits per heavy atom. The lowest BCUT2D eigenvalue weighted by atomic mass is 10.4. The summed E-state index contributed by atoms with van der Waals surface area (Å²) < 4.78 is 9.91. The summed E-state index contributed by atoms with van der Waals surface area (Å²) in [4.78, 5) is 8.22. The first-order chi connectivity index (χ1) is 7.78. The van der Waals surface area contributed by atoms with Crippen molar-refractivity contribution in [2.45, 2.75) is 6.92 Å². The Balaban J connectivity index is 2.16. The molecule has 0 radical (unpaired) electrons. The third-order valence-electron chi connectivity index (χ3n) is 1.92. The van der Waals surface area contributed by atoms with Crippen LogP contribution in [0.15, 0.2) is 33.9 Å². The zero-order valence-electron chi connectivity index (χ0n) is 9.04. The topological polar surface area (TPSA) is 60.5 Å². The zero-order chi connectivity index (χ0) is 11.4. The lowest BCUT2D eigenvalue weighted by molar-refractivity contribution is 0.396. The van der Waals surface area contributed by atoms with Gasteiger partial charge in [0, 0.05) is 18.3 Å². The van der Waals surface area contributed by atoms with Crippen LogP contribution in [-0.2, 0) is 0 Å². The van der Waals surface area contributed by atoms with Crippen LogP contribution in [0.3, 0.4) is 0 Å². The van der Waals surface area contributed by atoms with Crippen LogP contribution in [0.5, 0.6) is 5.88 Å². The van der Waals surface area contributed by atoms with Gasteiger partial charge in [-0.3, -0.25) is 4.99 Å². The molecular formula is C11H11N3O2. The Morgan fingerprint density at radius 3 is 3.00 bits per heavy atom. The maximum atomic E-state index is 4.99. The van der Waals surface area contributed by atoms with E-state index in [0.29, 0.717) is 11.6 Å². The van der Waals surface area contributed by atoms with E-state index in [1.807, 2.05) is 13.0 Å². The number of hydrogen-bond donors (Lipinski definition) is 0. The van der Waals surface area contributed by atoms with Gasteiger partial charge in [-0.05, 0) is 13.0 Å². The van der Waals surface area contributed by atoms with Crippen LogP contribution in [0, 0.1) is 6.92 Å². The summed E-state index contributed by atoms with van der Waals surface area (Å²) in [6.45, 7) is 1.83. The van der Waals surface area contributed by atoms with Gasteiger partial charge < -0.3 is 9.26 Å². The molecule has 2 aromatic heterocycles. The van der Waals surface area contributed by atoms with E-state index >= 15 is 0 Å². The number of aliphatic imine (C=N–C) groups is 1. The SMILES string of the molecule is COc1cc(N=Cc2cc(C)on2)ccn1. The van der Waals surface area contributed by atoms with Gasteiger partial charge in [-0.25, -0.2) is 4.98 Å². The van der Waals surface area contributed by atoms with Crippen molar-refractivity contribution in [3.63, 3.8) is 0 Å². The third-order valence-corrected chi connectivity index (χ3v) is 1.92. The van der Waals surface area contributed by atoms with Crippen molar-refractivity contribution in [2.24, 2.45) is 4.99 Å². The average Bonchev–Trinajstić information content (AvgIpc) is 2.73. The van der Waals surface area contributed by atoms with Crippen molar-refractivity contribution in [3.8, 4) is 5.88 Å².